The highest BCUT2D eigenvalue weighted by molar-refractivity contribution is 6.01. The molecule has 2 heterocycles. The van der Waals surface area contributed by atoms with Crippen molar-refractivity contribution in [3.8, 4) is 0 Å². The quantitative estimate of drug-likeness (QED) is 0.157. The third kappa shape index (κ3) is 6.27. The number of furan rings is 2. The molecule has 0 aromatic carbocycles. The van der Waals surface area contributed by atoms with Crippen LogP contribution in [0.15, 0.2) is 43.9 Å². The van der Waals surface area contributed by atoms with Gasteiger partial charge in [-0.05, 0) is 19.4 Å². The van der Waals surface area contributed by atoms with Gasteiger partial charge in [0.15, 0.2) is 0 Å². The number of halogens is 4. The molecule has 2 aromatic heterocycles. The molecule has 0 aliphatic rings. The molecule has 0 aliphatic carbocycles. The van der Waals surface area contributed by atoms with Crippen molar-refractivity contribution < 1.29 is 36.2 Å². The van der Waals surface area contributed by atoms with Crippen molar-refractivity contribution in [3.63, 3.8) is 0 Å². The monoisotopic (exact) mass is 480 g/mol. The fourth-order valence-corrected chi connectivity index (χ4v) is 2.29. The predicted molar refractivity (Wildman–Crippen MR) is 108 cm³/mol. The molecule has 0 saturated heterocycles. The van der Waals surface area contributed by atoms with Crippen molar-refractivity contribution in [3.05, 3.63) is 62.0 Å². The van der Waals surface area contributed by atoms with Gasteiger partial charge in [0, 0.05) is 25.2 Å². The number of hydrogen-bond acceptors (Lipinski definition) is 8. The fourth-order valence-electron chi connectivity index (χ4n) is 2.29. The molecule has 0 amide bonds. The van der Waals surface area contributed by atoms with Crippen molar-refractivity contribution in [2.45, 2.75) is 32.5 Å². The zero-order chi connectivity index (χ0) is 25.6. The molecule has 0 radical (unpaired) electrons. The van der Waals surface area contributed by atoms with Gasteiger partial charge >= 0.3 is 12.1 Å². The lowest BCUT2D eigenvalue weighted by atomic mass is 10.2. The summed E-state index contributed by atoms with van der Waals surface area (Å²) in [7, 11) is 2.33. The maximum Gasteiger partial charge on any atom is 0.572 e. The second-order valence-electron chi connectivity index (χ2n) is 6.42. The fraction of sp³-hybridized carbons (Fsp3) is 0.412. The van der Waals surface area contributed by atoms with Crippen molar-refractivity contribution in [2.24, 2.45) is 15.7 Å². The van der Waals surface area contributed by atoms with Gasteiger partial charge in [0.05, 0.1) is 31.0 Å². The maximum atomic E-state index is 13.3. The Morgan fingerprint density at radius 2 is 1.55 bits per heavy atom. The Kier molecular flexibility index (Phi) is 8.65. The first-order chi connectivity index (χ1) is 15.2. The number of nitrogens with zero attached hydrogens (tertiary/aromatic N) is 5. The number of likely N-dealkylation sites (N-methyl/N-ethyl adjacent to an activating group) is 1. The lowest BCUT2D eigenvalue weighted by Gasteiger charge is -2.21. The summed E-state index contributed by atoms with van der Waals surface area (Å²) in [5.74, 6) is -2.27. The molecule has 0 atom stereocenters. The largest absolute Gasteiger partial charge is 0.572 e. The van der Waals surface area contributed by atoms with Gasteiger partial charge in [0.1, 0.15) is 16.1 Å². The van der Waals surface area contributed by atoms with Gasteiger partial charge in [-0.3, -0.25) is 30.2 Å². The minimum absolute atomic E-state index is 0.183. The maximum absolute atomic E-state index is 13.3. The molecule has 0 bridgehead atoms. The highest BCUT2D eigenvalue weighted by Gasteiger charge is 2.53. The lowest BCUT2D eigenvalue weighted by Crippen LogP contribution is -2.47. The van der Waals surface area contributed by atoms with Gasteiger partial charge in [0.25, 0.3) is 5.84 Å². The lowest BCUT2D eigenvalue weighted by molar-refractivity contribution is -0.617. The second kappa shape index (κ2) is 10.6. The van der Waals surface area contributed by atoms with E-state index in [4.69, 9.17) is 14.6 Å². The molecule has 0 unspecified atom stereocenters. The van der Waals surface area contributed by atoms with Gasteiger partial charge in [-0.25, -0.2) is 0 Å². The average molecular weight is 480 g/mol. The third-order valence-corrected chi connectivity index (χ3v) is 4.14. The standard InChI is InChI=1S/C9H11F2N3O3.C8H9F2N3O3/c1-6-4-17-5-7(6)13(3)8(12-2)9(10,11)14(15)16;1-5-3-16-4-6(5)2-12-7(11)8(9,10)13(14)15/h4-5H,1-3H3;3-4H,2H2,1H3,(H2,11,12). The summed E-state index contributed by atoms with van der Waals surface area (Å²) in [5, 5.41) is 20.3. The molecule has 0 spiro atoms. The molecule has 16 heteroatoms. The molecule has 12 nitrogen and oxygen atoms in total. The summed E-state index contributed by atoms with van der Waals surface area (Å²) in [6.07, 6.45) is 5.29. The van der Waals surface area contributed by atoms with Crippen LogP contribution in [0.3, 0.4) is 0 Å². The zero-order valence-electron chi connectivity index (χ0n) is 17.8. The number of nitrogens with two attached hydrogens (primary N) is 1. The minimum atomic E-state index is -4.34. The van der Waals surface area contributed by atoms with Crippen LogP contribution in [0.4, 0.5) is 23.2 Å². The Hall–Kier alpha value is -3.98. The van der Waals surface area contributed by atoms with E-state index >= 15 is 0 Å². The summed E-state index contributed by atoms with van der Waals surface area (Å²) in [6.45, 7) is 3.14. The van der Waals surface area contributed by atoms with Crippen molar-refractivity contribution in [1.29, 1.82) is 0 Å². The number of alkyl halides is 4. The smallest absolute Gasteiger partial charge is 0.472 e. The number of aliphatic imine (C=N–C) groups is 2. The number of aryl methyl sites for hydroxylation is 2. The van der Waals surface area contributed by atoms with Crippen LogP contribution in [-0.4, -0.2) is 47.7 Å². The van der Waals surface area contributed by atoms with Gasteiger partial charge in [-0.1, -0.05) is 0 Å². The molecule has 0 saturated carbocycles. The first-order valence-electron chi connectivity index (χ1n) is 8.78. The Morgan fingerprint density at radius 3 is 1.94 bits per heavy atom. The number of hydrogen-bond donors (Lipinski definition) is 1. The van der Waals surface area contributed by atoms with Gasteiger partial charge in [-0.2, -0.15) is 0 Å². The summed E-state index contributed by atoms with van der Waals surface area (Å²) < 4.78 is 61.5. The highest BCUT2D eigenvalue weighted by atomic mass is 19.3. The van der Waals surface area contributed by atoms with E-state index in [2.05, 4.69) is 9.98 Å². The first-order valence-corrected chi connectivity index (χ1v) is 8.78. The van der Waals surface area contributed by atoms with Crippen LogP contribution in [0.1, 0.15) is 16.7 Å². The Balaban J connectivity index is 0.000000331. The molecule has 182 valence electrons. The van der Waals surface area contributed by atoms with E-state index in [9.17, 15) is 37.8 Å². The van der Waals surface area contributed by atoms with Crippen LogP contribution in [0.25, 0.3) is 0 Å². The summed E-state index contributed by atoms with van der Waals surface area (Å²) in [6, 6.07) is -8.58. The Morgan fingerprint density at radius 1 is 1.03 bits per heavy atom. The SMILES string of the molecule is CN=C(N(C)c1cocc1C)C(F)(F)[N+](=O)[O-].Cc1cocc1CN=C(N)C(F)(F)[N+](=O)[O-]. The van der Waals surface area contributed by atoms with Crippen LogP contribution < -0.4 is 10.6 Å². The van der Waals surface area contributed by atoms with E-state index < -0.39 is 33.6 Å². The Labute approximate surface area is 183 Å². The normalized spacial score (nSPS) is 12.7. The summed E-state index contributed by atoms with van der Waals surface area (Å²) >= 11 is 0. The van der Waals surface area contributed by atoms with E-state index in [-0.39, 0.29) is 6.54 Å². The van der Waals surface area contributed by atoms with Crippen LogP contribution in [0, 0.1) is 34.1 Å². The number of anilines is 1. The summed E-state index contributed by atoms with van der Waals surface area (Å²) in [5.41, 5.74) is 6.97. The second-order valence-corrected chi connectivity index (χ2v) is 6.42. The van der Waals surface area contributed by atoms with E-state index in [0.717, 1.165) is 11.9 Å². The van der Waals surface area contributed by atoms with Crippen molar-refractivity contribution in [1.82, 2.24) is 0 Å². The zero-order valence-corrected chi connectivity index (χ0v) is 17.8. The van der Waals surface area contributed by atoms with E-state index in [1.807, 2.05) is 0 Å². The minimum Gasteiger partial charge on any atom is -0.472 e. The summed E-state index contributed by atoms with van der Waals surface area (Å²) in [4.78, 5) is 24.3. The molecule has 2 N–H and O–H groups in total. The van der Waals surface area contributed by atoms with Crippen molar-refractivity contribution in [2.75, 3.05) is 19.0 Å². The third-order valence-electron chi connectivity index (χ3n) is 4.14. The van der Waals surface area contributed by atoms with Crippen LogP contribution >= 0.6 is 0 Å². The predicted octanol–water partition coefficient (Wildman–Crippen LogP) is 3.24. The van der Waals surface area contributed by atoms with Crippen LogP contribution in [-0.2, 0) is 6.54 Å². The first kappa shape index (κ1) is 27.1. The van der Waals surface area contributed by atoms with E-state index in [1.165, 1.54) is 32.1 Å². The van der Waals surface area contributed by atoms with Crippen molar-refractivity contribution >= 4 is 17.4 Å². The highest BCUT2D eigenvalue weighted by Crippen LogP contribution is 2.26. The average Bonchev–Trinajstić information content (AvgIpc) is 3.34. The number of rotatable bonds is 7. The molecule has 0 fully saturated rings. The molecular weight excluding hydrogens is 460 g/mol. The molecule has 2 rings (SSSR count). The Bertz CT molecular complexity index is 1050. The topological polar surface area (TPSA) is 167 Å². The molecule has 0 aliphatic heterocycles. The van der Waals surface area contributed by atoms with Gasteiger partial charge in [-0.15, -0.1) is 17.6 Å². The molecular formula is C17H20F4N6O6. The van der Waals surface area contributed by atoms with Gasteiger partial charge in [0.2, 0.25) is 5.84 Å². The number of amidine groups is 2. The van der Waals surface area contributed by atoms with Crippen LogP contribution in [0.2, 0.25) is 0 Å². The van der Waals surface area contributed by atoms with E-state index in [1.54, 1.807) is 13.8 Å². The van der Waals surface area contributed by atoms with Crippen LogP contribution in [0.5, 0.6) is 0 Å². The number of nitro groups is 2. The molecule has 33 heavy (non-hydrogen) atoms. The molecule has 2 aromatic rings. The van der Waals surface area contributed by atoms with E-state index in [0.29, 0.717) is 22.4 Å². The van der Waals surface area contributed by atoms with Gasteiger partial charge < -0.3 is 19.5 Å².